The molecule has 3 nitrogen and oxygen atoms in total. The number of fused-ring (bicyclic) bond motifs is 8. The van der Waals surface area contributed by atoms with Gasteiger partial charge in [0.2, 0.25) is 0 Å². The Morgan fingerprint density at radius 2 is 1.03 bits per heavy atom. The van der Waals surface area contributed by atoms with E-state index in [0.29, 0.717) is 0 Å². The van der Waals surface area contributed by atoms with E-state index in [-0.39, 0.29) is 28.4 Å². The van der Waals surface area contributed by atoms with Gasteiger partial charge in [0.25, 0.3) is 6.71 Å². The monoisotopic (exact) mass is 822 g/mol. The van der Waals surface area contributed by atoms with E-state index < -0.39 is 0 Å². The second-order valence-corrected chi connectivity index (χ2v) is 22.2. The van der Waals surface area contributed by atoms with Crippen molar-refractivity contribution in [3.63, 3.8) is 0 Å². The first-order valence-electron chi connectivity index (χ1n) is 23.1. The Bertz CT molecular complexity index is 3170. The van der Waals surface area contributed by atoms with Crippen LogP contribution in [0.1, 0.15) is 110 Å². The third-order valence-corrected chi connectivity index (χ3v) is 14.9. The van der Waals surface area contributed by atoms with Crippen LogP contribution < -0.4 is 26.2 Å². The summed E-state index contributed by atoms with van der Waals surface area (Å²) < 4.78 is 6.32. The van der Waals surface area contributed by atoms with Gasteiger partial charge in [0.05, 0.1) is 0 Å². The Morgan fingerprint density at radius 3 is 1.65 bits per heavy atom. The number of hydrogen-bond acceptors (Lipinski definition) is 3. The summed E-state index contributed by atoms with van der Waals surface area (Å²) in [5.41, 5.74) is 22.8. The van der Waals surface area contributed by atoms with E-state index in [1.165, 1.54) is 91.0 Å². The topological polar surface area (TPSA) is 19.6 Å². The van der Waals surface area contributed by atoms with Gasteiger partial charge in [0.15, 0.2) is 0 Å². The van der Waals surface area contributed by atoms with Crippen LogP contribution >= 0.6 is 0 Å². The zero-order chi connectivity index (χ0) is 44.0. The fraction of sp³-hybridized carbons (Fsp3) is 0.288. The van der Waals surface area contributed by atoms with Crippen LogP contribution in [0.25, 0.3) is 33.1 Å². The third-order valence-electron chi connectivity index (χ3n) is 14.9. The molecule has 314 valence electrons. The minimum Gasteiger partial charge on any atom is -0.456 e. The van der Waals surface area contributed by atoms with Crippen molar-refractivity contribution in [2.45, 2.75) is 111 Å². The molecule has 0 atom stereocenters. The molecule has 3 heterocycles. The molecular formula is C59H59BN2O. The molecule has 4 heteroatoms. The number of hydrogen-bond donors (Lipinski definition) is 0. The summed E-state index contributed by atoms with van der Waals surface area (Å²) in [7, 11) is 0. The average molecular weight is 823 g/mol. The van der Waals surface area contributed by atoms with Gasteiger partial charge in [-0.1, -0.05) is 136 Å². The maximum Gasteiger partial charge on any atom is 0.252 e. The van der Waals surface area contributed by atoms with Crippen LogP contribution in [0, 0.1) is 6.92 Å². The molecule has 0 unspecified atom stereocenters. The van der Waals surface area contributed by atoms with E-state index in [1.807, 2.05) is 6.07 Å². The molecule has 0 amide bonds. The molecule has 63 heavy (non-hydrogen) atoms. The lowest BCUT2D eigenvalue weighted by atomic mass is 9.33. The SMILES string of the molecule is Cc1cc2c3c(c1)N(c1ccc4c(c1)C(C)(C)CCC4(C)C)c1cc(C(C)(C)C)ccc1B3c1ccc(C(C)(C)C)cc1N2c1ccc(-c2ccc3c(c2)oc2ccccc23)cc1. The Kier molecular flexibility index (Phi) is 8.54. The molecule has 8 aromatic rings. The van der Waals surface area contributed by atoms with Crippen LogP contribution in [0.2, 0.25) is 0 Å². The Labute approximate surface area is 374 Å². The van der Waals surface area contributed by atoms with Gasteiger partial charge >= 0.3 is 0 Å². The number of anilines is 6. The van der Waals surface area contributed by atoms with Gasteiger partial charge in [-0.2, -0.15) is 0 Å². The van der Waals surface area contributed by atoms with Gasteiger partial charge in [-0.25, -0.2) is 0 Å². The summed E-state index contributed by atoms with van der Waals surface area (Å²) in [6.07, 6.45) is 2.38. The van der Waals surface area contributed by atoms with Crippen molar-refractivity contribution in [1.29, 1.82) is 0 Å². The first-order chi connectivity index (χ1) is 29.9. The van der Waals surface area contributed by atoms with Crippen LogP contribution in [0.4, 0.5) is 34.1 Å². The van der Waals surface area contributed by atoms with E-state index >= 15 is 0 Å². The Balaban J connectivity index is 1.13. The van der Waals surface area contributed by atoms with Gasteiger partial charge in [-0.05, 0) is 163 Å². The van der Waals surface area contributed by atoms with E-state index in [4.69, 9.17) is 4.42 Å². The normalized spacial score (nSPS) is 16.2. The molecule has 0 radical (unpaired) electrons. The number of rotatable bonds is 3. The molecule has 0 saturated heterocycles. The molecule has 0 bridgehead atoms. The number of furan rings is 1. The summed E-state index contributed by atoms with van der Waals surface area (Å²) in [5, 5.41) is 2.31. The van der Waals surface area contributed by atoms with Crippen LogP contribution in [0.5, 0.6) is 0 Å². The smallest absolute Gasteiger partial charge is 0.252 e. The van der Waals surface area contributed by atoms with Gasteiger partial charge < -0.3 is 14.2 Å². The van der Waals surface area contributed by atoms with Gasteiger partial charge in [-0.3, -0.25) is 0 Å². The lowest BCUT2D eigenvalue weighted by Gasteiger charge is -2.46. The number of aryl methyl sites for hydroxylation is 1. The van der Waals surface area contributed by atoms with E-state index in [2.05, 4.69) is 213 Å². The zero-order valence-corrected chi connectivity index (χ0v) is 39.0. The summed E-state index contributed by atoms with van der Waals surface area (Å²) >= 11 is 0. The number of para-hydroxylation sites is 1. The second-order valence-electron chi connectivity index (χ2n) is 22.2. The molecule has 2 aliphatic heterocycles. The third kappa shape index (κ3) is 6.22. The van der Waals surface area contributed by atoms with Crippen LogP contribution in [-0.2, 0) is 21.7 Å². The van der Waals surface area contributed by atoms with Gasteiger partial charge in [0, 0.05) is 44.9 Å². The highest BCUT2D eigenvalue weighted by Gasteiger charge is 2.45. The van der Waals surface area contributed by atoms with Gasteiger partial charge in [-0.15, -0.1) is 0 Å². The minimum absolute atomic E-state index is 0.00648. The molecule has 1 aliphatic carbocycles. The van der Waals surface area contributed by atoms with Crippen LogP contribution in [0.3, 0.4) is 0 Å². The van der Waals surface area contributed by atoms with Crippen molar-refractivity contribution < 1.29 is 4.42 Å². The Morgan fingerprint density at radius 1 is 0.492 bits per heavy atom. The van der Waals surface area contributed by atoms with Crippen LogP contribution in [-0.4, -0.2) is 6.71 Å². The zero-order valence-electron chi connectivity index (χ0n) is 39.0. The highest BCUT2D eigenvalue weighted by molar-refractivity contribution is 7.00. The van der Waals surface area contributed by atoms with E-state index in [9.17, 15) is 0 Å². The highest BCUT2D eigenvalue weighted by atomic mass is 16.3. The van der Waals surface area contributed by atoms with Crippen LogP contribution in [0.15, 0.2) is 138 Å². The van der Waals surface area contributed by atoms with Crippen molar-refractivity contribution in [2.75, 3.05) is 9.80 Å². The van der Waals surface area contributed by atoms with E-state index in [0.717, 1.165) is 33.2 Å². The summed E-state index contributed by atoms with van der Waals surface area (Å²) in [4.78, 5) is 5.18. The highest BCUT2D eigenvalue weighted by Crippen LogP contribution is 2.50. The van der Waals surface area contributed by atoms with E-state index in [1.54, 1.807) is 0 Å². The molecule has 3 aliphatic rings. The second kappa shape index (κ2) is 13.5. The Hall–Kier alpha value is -6.00. The average Bonchev–Trinajstić information content (AvgIpc) is 3.62. The predicted octanol–water partition coefficient (Wildman–Crippen LogP) is 14.6. The fourth-order valence-electron chi connectivity index (χ4n) is 11.0. The first-order valence-corrected chi connectivity index (χ1v) is 23.1. The summed E-state index contributed by atoms with van der Waals surface area (Å²) in [5.74, 6) is 0. The molecule has 0 fully saturated rings. The lowest BCUT2D eigenvalue weighted by molar-refractivity contribution is 0.332. The lowest BCUT2D eigenvalue weighted by Crippen LogP contribution is -2.61. The van der Waals surface area contributed by atoms with Crippen molar-refractivity contribution in [1.82, 2.24) is 0 Å². The molecular weight excluding hydrogens is 763 g/mol. The number of nitrogens with zero attached hydrogens (tertiary/aromatic N) is 2. The molecule has 1 aromatic heterocycles. The number of benzene rings is 7. The molecule has 0 N–H and O–H groups in total. The quantitative estimate of drug-likeness (QED) is 0.166. The van der Waals surface area contributed by atoms with Crippen molar-refractivity contribution >= 4 is 79.2 Å². The standard InChI is InChI=1S/C59H59BN2O/c1-36-30-51-55-52(31-36)62(42-23-25-45-46(35-42)59(10,11)29-28-58(45,8)9)50-34-40(57(5,6)7)20-27-48(50)60(55)47-26-19-39(56(2,3)4)33-49(47)61(51)41-21-16-37(17-22-41)38-18-24-44-43-14-12-13-15-53(43)63-54(44)32-38/h12-27,30-35H,28-29H2,1-11H3. The van der Waals surface area contributed by atoms with Gasteiger partial charge in [0.1, 0.15) is 11.2 Å². The first kappa shape index (κ1) is 39.8. The van der Waals surface area contributed by atoms with Crippen molar-refractivity contribution in [2.24, 2.45) is 0 Å². The molecule has 11 rings (SSSR count). The maximum absolute atomic E-state index is 6.32. The summed E-state index contributed by atoms with van der Waals surface area (Å²) in [6.45, 7) is 26.1. The maximum atomic E-state index is 6.32. The minimum atomic E-state index is -0.0183. The molecule has 0 saturated carbocycles. The van der Waals surface area contributed by atoms with Crippen molar-refractivity contribution in [3.05, 3.63) is 161 Å². The summed E-state index contributed by atoms with van der Waals surface area (Å²) in [6, 6.07) is 51.1. The van der Waals surface area contributed by atoms with Crippen molar-refractivity contribution in [3.8, 4) is 11.1 Å². The molecule has 7 aromatic carbocycles. The largest absolute Gasteiger partial charge is 0.456 e. The molecule has 0 spiro atoms. The fourth-order valence-corrected chi connectivity index (χ4v) is 11.0. The predicted molar refractivity (Wildman–Crippen MR) is 271 cm³/mol.